The summed E-state index contributed by atoms with van der Waals surface area (Å²) in [7, 11) is 4.71. The fourth-order valence-electron chi connectivity index (χ4n) is 10.6. The van der Waals surface area contributed by atoms with E-state index in [1.165, 1.54) is 12.0 Å². The topological polar surface area (TPSA) is 187 Å². The third kappa shape index (κ3) is 14.8. The van der Waals surface area contributed by atoms with E-state index in [0.717, 1.165) is 24.8 Å². The Balaban J connectivity index is 1.68. The van der Waals surface area contributed by atoms with Crippen LogP contribution < -0.4 is 3.53 Å². The molecule has 3 fully saturated rings. The maximum Gasteiger partial charge on any atom is 0.329 e. The average Bonchev–Trinajstić information content (AvgIpc) is 3.30. The molecular formula is C51H81IN2O12. The van der Waals surface area contributed by atoms with E-state index < -0.39 is 83.7 Å². The molecule has 0 aromatic rings. The summed E-state index contributed by atoms with van der Waals surface area (Å²) in [6.07, 6.45) is 12.3. The van der Waals surface area contributed by atoms with Crippen LogP contribution in [0.1, 0.15) is 132 Å². The molecule has 1 saturated carbocycles. The minimum absolute atomic E-state index is 0.00445. The highest BCUT2D eigenvalue weighted by atomic mass is 127. The van der Waals surface area contributed by atoms with Crippen molar-refractivity contribution in [2.75, 3.05) is 27.9 Å². The van der Waals surface area contributed by atoms with Gasteiger partial charge in [-0.25, -0.2) is 4.79 Å². The van der Waals surface area contributed by atoms with Gasteiger partial charge in [0.2, 0.25) is 5.79 Å². The smallest absolute Gasteiger partial charge is 0.329 e. The number of aliphatic hydroxyl groups is 2. The molecule has 2 saturated heterocycles. The van der Waals surface area contributed by atoms with Gasteiger partial charge in [0.25, 0.3) is 11.7 Å². The van der Waals surface area contributed by atoms with E-state index in [1.54, 1.807) is 35.0 Å². The van der Waals surface area contributed by atoms with Gasteiger partial charge in [0, 0.05) is 87.4 Å². The van der Waals surface area contributed by atoms with Crippen LogP contribution in [0.5, 0.6) is 0 Å². The van der Waals surface area contributed by atoms with Gasteiger partial charge in [0.05, 0.1) is 24.4 Å². The van der Waals surface area contributed by atoms with E-state index in [1.807, 2.05) is 58.1 Å². The van der Waals surface area contributed by atoms with Crippen LogP contribution in [0.25, 0.3) is 0 Å². The highest BCUT2D eigenvalue weighted by Crippen LogP contribution is 2.38. The minimum atomic E-state index is -2.41. The Kier molecular flexibility index (Phi) is 22.6. The van der Waals surface area contributed by atoms with Crippen molar-refractivity contribution >= 4 is 52.1 Å². The van der Waals surface area contributed by atoms with Crippen LogP contribution in [0, 0.1) is 41.4 Å². The zero-order valence-electron chi connectivity index (χ0n) is 41.2. The van der Waals surface area contributed by atoms with Gasteiger partial charge in [0.15, 0.2) is 5.78 Å². The molecule has 66 heavy (non-hydrogen) atoms. The second-order valence-corrected chi connectivity index (χ2v) is 20.8. The van der Waals surface area contributed by atoms with Gasteiger partial charge in [0.1, 0.15) is 24.0 Å². The first-order valence-electron chi connectivity index (χ1n) is 24.5. The van der Waals surface area contributed by atoms with Crippen LogP contribution in [0.15, 0.2) is 36.0 Å². The van der Waals surface area contributed by atoms with Gasteiger partial charge < -0.3 is 38.8 Å². The summed E-state index contributed by atoms with van der Waals surface area (Å²) in [5.74, 6) is -7.70. The number of halogens is 1. The molecule has 2 bridgehead atoms. The molecule has 0 spiro atoms. The molecule has 0 aromatic carbocycles. The summed E-state index contributed by atoms with van der Waals surface area (Å²) in [5, 5.41) is 23.5. The molecular weight excluding hydrogens is 959 g/mol. The Labute approximate surface area is 408 Å². The number of cyclic esters (lactones) is 1. The molecule has 3 heterocycles. The van der Waals surface area contributed by atoms with E-state index in [2.05, 4.69) is 26.4 Å². The number of aliphatic hydroxyl groups excluding tert-OH is 1. The van der Waals surface area contributed by atoms with Crippen LogP contribution in [-0.4, -0.2) is 127 Å². The number of nitrogens with one attached hydrogen (secondary N) is 1. The zero-order chi connectivity index (χ0) is 48.9. The Morgan fingerprint density at radius 1 is 0.879 bits per heavy atom. The third-order valence-corrected chi connectivity index (χ3v) is 15.8. The van der Waals surface area contributed by atoms with E-state index in [4.69, 9.17) is 23.7 Å². The number of fused-ring (bicyclic) bond motifs is 3. The molecule has 1 aliphatic carbocycles. The van der Waals surface area contributed by atoms with E-state index >= 15 is 0 Å². The van der Waals surface area contributed by atoms with Gasteiger partial charge in [-0.1, -0.05) is 71.9 Å². The average molecular weight is 1040 g/mol. The number of methoxy groups -OCH3 is 3. The van der Waals surface area contributed by atoms with Crippen molar-refractivity contribution in [3.05, 3.63) is 36.0 Å². The number of Topliss-reactive ketones (excluding diaryl/α,β-unsaturated/α-hetero) is 3. The summed E-state index contributed by atoms with van der Waals surface area (Å²) in [6, 6.07) is -0.894. The van der Waals surface area contributed by atoms with Crippen molar-refractivity contribution < 1.29 is 57.9 Å². The van der Waals surface area contributed by atoms with Crippen molar-refractivity contribution in [1.82, 2.24) is 8.43 Å². The molecule has 15 heteroatoms. The number of ether oxygens (including phenoxy) is 5. The first-order valence-corrected chi connectivity index (χ1v) is 25.5. The molecule has 14 nitrogen and oxygen atoms in total. The number of ketones is 3. The summed E-state index contributed by atoms with van der Waals surface area (Å²) in [5.41, 5.74) is 0.892. The number of hydrogen-bond acceptors (Lipinski definition) is 13. The van der Waals surface area contributed by atoms with Gasteiger partial charge in [-0.3, -0.25) is 22.7 Å². The lowest BCUT2D eigenvalue weighted by Crippen LogP contribution is -2.61. The monoisotopic (exact) mass is 1040 g/mol. The molecule has 3 aliphatic heterocycles. The van der Waals surface area contributed by atoms with Gasteiger partial charge in [-0.2, -0.15) is 0 Å². The van der Waals surface area contributed by atoms with Gasteiger partial charge >= 0.3 is 5.97 Å². The summed E-state index contributed by atoms with van der Waals surface area (Å²) < 4.78 is 33.1. The van der Waals surface area contributed by atoms with Crippen LogP contribution >= 0.6 is 22.9 Å². The maximum atomic E-state index is 14.4. The molecule has 0 radical (unpaired) electrons. The lowest BCUT2D eigenvalue weighted by Gasteiger charge is -2.42. The molecule has 374 valence electrons. The molecule has 0 aromatic heterocycles. The van der Waals surface area contributed by atoms with E-state index in [0.29, 0.717) is 44.9 Å². The normalized spacial score (nSPS) is 39.1. The number of allylic oxidation sites excluding steroid dienone is 5. The van der Waals surface area contributed by atoms with Gasteiger partial charge in [-0.05, 0) is 107 Å². The van der Waals surface area contributed by atoms with E-state index in [9.17, 15) is 34.2 Å². The van der Waals surface area contributed by atoms with Crippen molar-refractivity contribution in [2.45, 2.75) is 186 Å². The van der Waals surface area contributed by atoms with Gasteiger partial charge in [-0.15, -0.1) is 0 Å². The van der Waals surface area contributed by atoms with Crippen LogP contribution in [0.4, 0.5) is 0 Å². The lowest BCUT2D eigenvalue weighted by molar-refractivity contribution is -0.265. The maximum absolute atomic E-state index is 14.4. The second-order valence-electron chi connectivity index (χ2n) is 20.2. The Morgan fingerprint density at radius 3 is 2.27 bits per heavy atom. The molecule has 16 atom stereocenters. The predicted molar refractivity (Wildman–Crippen MR) is 260 cm³/mol. The molecule has 4 unspecified atom stereocenters. The highest BCUT2D eigenvalue weighted by molar-refractivity contribution is 14.1. The third-order valence-electron chi connectivity index (χ3n) is 15.0. The standard InChI is InChI=1S/C51H81IN2O12/c1-30-16-12-11-13-17-31(2)42(62-8)28-38-21-19-36(7)51(61,66-38)48(58)49(59)54-23-15-14-18-40(54)50(60)65-43(33(4)26-37-20-22-39(53-52)44(27-37)63-9)29-41(55)32(3)25-35(6)46(57)47(64-10)45(56)34(5)24-30/h11-13,16-17,30,32-40,42-44,46-47,53,57,61H,14-15,18-29H2,1-10H3/b13-11?,16-12+,31-17?/t30-,32-,33-,34-,35?,36-,37?,38+,39?,40?,42+,43+,44-,46-,47+,51-/m1/s1. The SMILES string of the molecule is CO[C@H]1C[C@@H]2CC[C@@H](C)[C@@](O)(O2)C(=O)C(=O)N2CCCCC2C(=O)O[C@H]([C@H](C)CC2CCC(NI)[C@H](OC)C2)CC(=O)[C@H](C)CC(C)[C@@H](O)[C@@H](OC)C(=O)[C@H](C)C[C@H](C)/C=C/C=CC=C1C. The van der Waals surface area contributed by atoms with Crippen LogP contribution in [-0.2, 0) is 47.7 Å². The van der Waals surface area contributed by atoms with Crippen LogP contribution in [0.3, 0.4) is 0 Å². The Bertz CT molecular complexity index is 1720. The Morgan fingerprint density at radius 2 is 1.61 bits per heavy atom. The number of amides is 1. The first-order chi connectivity index (χ1) is 31.3. The lowest BCUT2D eigenvalue weighted by atomic mass is 9.77. The number of piperidine rings is 1. The fraction of sp³-hybridized carbons (Fsp3) is 0.784. The summed E-state index contributed by atoms with van der Waals surface area (Å²) >= 11 is 2.16. The second kappa shape index (κ2) is 26.6. The number of rotatable bonds is 7. The molecule has 1 amide bonds. The van der Waals surface area contributed by atoms with Crippen molar-refractivity contribution in [2.24, 2.45) is 41.4 Å². The molecule has 4 rings (SSSR count). The van der Waals surface area contributed by atoms with Crippen molar-refractivity contribution in [1.29, 1.82) is 0 Å². The predicted octanol–water partition coefficient (Wildman–Crippen LogP) is 7.21. The number of carbonyl (C=O) groups is 5. The first kappa shape index (κ1) is 56.2. The number of hydrogen-bond donors (Lipinski definition) is 3. The number of esters is 1. The van der Waals surface area contributed by atoms with Crippen molar-refractivity contribution in [3.8, 4) is 0 Å². The quantitative estimate of drug-likeness (QED) is 0.101. The van der Waals surface area contributed by atoms with Crippen LogP contribution in [0.2, 0.25) is 0 Å². The summed E-state index contributed by atoms with van der Waals surface area (Å²) in [4.78, 5) is 72.1. The molecule has 3 N–H and O–H groups in total. The zero-order valence-corrected chi connectivity index (χ0v) is 43.4. The number of nitrogens with zero attached hydrogens (tertiary/aromatic N) is 1. The summed E-state index contributed by atoms with van der Waals surface area (Å²) in [6.45, 7) is 13.2. The fourth-order valence-corrected chi connectivity index (χ4v) is 11.3. The minimum Gasteiger partial charge on any atom is -0.460 e. The Hall–Kier alpha value is -2.38. The highest BCUT2D eigenvalue weighted by Gasteiger charge is 2.53. The van der Waals surface area contributed by atoms with Crippen molar-refractivity contribution in [3.63, 3.8) is 0 Å². The molecule has 4 aliphatic rings. The number of carbonyl (C=O) groups excluding carboxylic acids is 5. The largest absolute Gasteiger partial charge is 0.460 e. The van der Waals surface area contributed by atoms with E-state index in [-0.39, 0.29) is 67.3 Å².